The first-order valence-corrected chi connectivity index (χ1v) is 7.62. The number of thiophene rings is 1. The second kappa shape index (κ2) is 5.79. The lowest BCUT2D eigenvalue weighted by Crippen LogP contribution is -2.04. The summed E-state index contributed by atoms with van der Waals surface area (Å²) in [5, 5.41) is 10.5. The highest BCUT2D eigenvalue weighted by Crippen LogP contribution is 2.39. The van der Waals surface area contributed by atoms with Gasteiger partial charge < -0.3 is 5.11 Å². The molecular weight excluding hydrogens is 377 g/mol. The lowest BCUT2D eigenvalue weighted by Gasteiger charge is -2.09. The molecule has 0 atom stereocenters. The highest BCUT2D eigenvalue weighted by atomic mass is 79.9. The third kappa shape index (κ3) is 3.56. The van der Waals surface area contributed by atoms with Crippen LogP contribution < -0.4 is 0 Å². The van der Waals surface area contributed by atoms with Crippen molar-refractivity contribution >= 4 is 45.0 Å². The summed E-state index contributed by atoms with van der Waals surface area (Å²) < 4.78 is 37.9. The smallest absolute Gasteiger partial charge is 0.416 e. The van der Waals surface area contributed by atoms with E-state index in [4.69, 9.17) is 5.11 Å². The van der Waals surface area contributed by atoms with Gasteiger partial charge in [-0.3, -0.25) is 0 Å². The molecule has 0 aliphatic carbocycles. The SMILES string of the molecule is O=C(O)c1cc(Sc2ccc(C(F)(F)F)cc2Br)cs1. The quantitative estimate of drug-likeness (QED) is 0.774. The van der Waals surface area contributed by atoms with Crippen LogP contribution in [0.4, 0.5) is 13.2 Å². The minimum Gasteiger partial charge on any atom is -0.477 e. The number of alkyl halides is 3. The standard InChI is InChI=1S/C12H6BrF3O2S2/c13-8-3-6(12(14,15)16)1-2-9(8)20-7-4-10(11(17)18)19-5-7/h1-5H,(H,17,18). The molecule has 1 aromatic heterocycles. The maximum atomic E-state index is 12.5. The van der Waals surface area contributed by atoms with Crippen molar-refractivity contribution in [3.8, 4) is 0 Å². The summed E-state index contributed by atoms with van der Waals surface area (Å²) in [6, 6.07) is 4.85. The first-order valence-electron chi connectivity index (χ1n) is 5.14. The molecule has 0 spiro atoms. The van der Waals surface area contributed by atoms with Crippen LogP contribution in [0.1, 0.15) is 15.2 Å². The van der Waals surface area contributed by atoms with Crippen molar-refractivity contribution in [2.45, 2.75) is 16.0 Å². The monoisotopic (exact) mass is 382 g/mol. The summed E-state index contributed by atoms with van der Waals surface area (Å²) in [7, 11) is 0. The van der Waals surface area contributed by atoms with E-state index >= 15 is 0 Å². The van der Waals surface area contributed by atoms with Crippen molar-refractivity contribution in [1.29, 1.82) is 0 Å². The Hall–Kier alpha value is -0.990. The minimum atomic E-state index is -4.38. The average molecular weight is 383 g/mol. The van der Waals surface area contributed by atoms with Crippen LogP contribution >= 0.6 is 39.0 Å². The Labute approximate surface area is 128 Å². The summed E-state index contributed by atoms with van der Waals surface area (Å²) in [5.74, 6) is -1.02. The van der Waals surface area contributed by atoms with Crippen LogP contribution in [0.5, 0.6) is 0 Å². The second-order valence-electron chi connectivity index (χ2n) is 3.70. The van der Waals surface area contributed by atoms with Gasteiger partial charge in [0.25, 0.3) is 0 Å². The molecule has 2 nitrogen and oxygen atoms in total. The molecule has 0 saturated heterocycles. The van der Waals surface area contributed by atoms with Gasteiger partial charge in [0.1, 0.15) is 4.88 Å². The highest BCUT2D eigenvalue weighted by molar-refractivity contribution is 9.10. The largest absolute Gasteiger partial charge is 0.477 e. The van der Waals surface area contributed by atoms with E-state index in [0.717, 1.165) is 23.5 Å². The Morgan fingerprint density at radius 1 is 1.30 bits per heavy atom. The van der Waals surface area contributed by atoms with E-state index in [2.05, 4.69) is 15.9 Å². The van der Waals surface area contributed by atoms with E-state index in [1.165, 1.54) is 23.9 Å². The van der Waals surface area contributed by atoms with Crippen LogP contribution in [0.2, 0.25) is 0 Å². The Morgan fingerprint density at radius 3 is 2.50 bits per heavy atom. The fourth-order valence-corrected chi connectivity index (χ4v) is 3.73. The molecule has 106 valence electrons. The summed E-state index contributed by atoms with van der Waals surface area (Å²) in [6.45, 7) is 0. The number of carbonyl (C=O) groups is 1. The lowest BCUT2D eigenvalue weighted by molar-refractivity contribution is -0.137. The number of hydrogen-bond acceptors (Lipinski definition) is 3. The van der Waals surface area contributed by atoms with Gasteiger partial charge in [-0.25, -0.2) is 4.79 Å². The molecule has 0 fully saturated rings. The Kier molecular flexibility index (Phi) is 4.46. The van der Waals surface area contributed by atoms with E-state index in [1.807, 2.05) is 0 Å². The molecule has 8 heteroatoms. The summed E-state index contributed by atoms with van der Waals surface area (Å²) in [5.41, 5.74) is -0.731. The Morgan fingerprint density at radius 2 is 2.00 bits per heavy atom. The lowest BCUT2D eigenvalue weighted by atomic mass is 10.2. The molecular formula is C12H6BrF3O2S2. The van der Waals surface area contributed by atoms with Crippen LogP contribution in [0, 0.1) is 0 Å². The third-order valence-electron chi connectivity index (χ3n) is 2.27. The van der Waals surface area contributed by atoms with Gasteiger partial charge in [0, 0.05) is 19.6 Å². The first-order chi connectivity index (χ1) is 9.27. The predicted molar refractivity (Wildman–Crippen MR) is 74.5 cm³/mol. The van der Waals surface area contributed by atoms with Crippen LogP contribution in [0.3, 0.4) is 0 Å². The number of rotatable bonds is 3. The molecule has 0 aliphatic rings. The maximum absolute atomic E-state index is 12.5. The van der Waals surface area contributed by atoms with Crippen LogP contribution in [-0.2, 0) is 6.18 Å². The van der Waals surface area contributed by atoms with Crippen LogP contribution in [0.15, 0.2) is 43.9 Å². The van der Waals surface area contributed by atoms with Gasteiger partial charge in [-0.15, -0.1) is 11.3 Å². The van der Waals surface area contributed by atoms with Crippen molar-refractivity contribution in [1.82, 2.24) is 0 Å². The number of carboxylic acids is 1. The van der Waals surface area contributed by atoms with E-state index in [1.54, 1.807) is 5.38 Å². The zero-order chi connectivity index (χ0) is 14.9. The van der Waals surface area contributed by atoms with Gasteiger partial charge in [0.2, 0.25) is 0 Å². The van der Waals surface area contributed by atoms with Crippen molar-refractivity contribution < 1.29 is 23.1 Å². The second-order valence-corrected chi connectivity index (χ2v) is 6.58. The maximum Gasteiger partial charge on any atom is 0.416 e. The van der Waals surface area contributed by atoms with Crippen molar-refractivity contribution in [2.75, 3.05) is 0 Å². The summed E-state index contributed by atoms with van der Waals surface area (Å²) >= 11 is 5.38. The molecule has 1 heterocycles. The fourth-order valence-electron chi connectivity index (χ4n) is 1.37. The van der Waals surface area contributed by atoms with Crippen molar-refractivity contribution in [2.24, 2.45) is 0 Å². The molecule has 0 saturated carbocycles. The Balaban J connectivity index is 2.23. The van der Waals surface area contributed by atoms with Gasteiger partial charge in [0.05, 0.1) is 5.56 Å². The first kappa shape index (κ1) is 15.4. The van der Waals surface area contributed by atoms with E-state index in [-0.39, 0.29) is 4.88 Å². The Bertz CT molecular complexity index is 652. The van der Waals surface area contributed by atoms with E-state index in [0.29, 0.717) is 14.3 Å². The molecule has 0 aliphatic heterocycles. The topological polar surface area (TPSA) is 37.3 Å². The normalized spacial score (nSPS) is 11.6. The van der Waals surface area contributed by atoms with E-state index in [9.17, 15) is 18.0 Å². The zero-order valence-corrected chi connectivity index (χ0v) is 12.8. The zero-order valence-electron chi connectivity index (χ0n) is 9.57. The van der Waals surface area contributed by atoms with Gasteiger partial charge in [-0.05, 0) is 40.2 Å². The fraction of sp³-hybridized carbons (Fsp3) is 0.0833. The van der Waals surface area contributed by atoms with Gasteiger partial charge in [-0.2, -0.15) is 13.2 Å². The summed E-state index contributed by atoms with van der Waals surface area (Å²) in [4.78, 5) is 12.2. The molecule has 1 N–H and O–H groups in total. The van der Waals surface area contributed by atoms with Gasteiger partial charge in [0.15, 0.2) is 0 Å². The summed E-state index contributed by atoms with van der Waals surface area (Å²) in [6.07, 6.45) is -4.38. The third-order valence-corrected chi connectivity index (χ3v) is 5.31. The molecule has 20 heavy (non-hydrogen) atoms. The van der Waals surface area contributed by atoms with Gasteiger partial charge in [-0.1, -0.05) is 11.8 Å². The number of aromatic carboxylic acids is 1. The molecule has 2 rings (SSSR count). The van der Waals surface area contributed by atoms with Crippen molar-refractivity contribution in [3.63, 3.8) is 0 Å². The number of benzene rings is 1. The highest BCUT2D eigenvalue weighted by Gasteiger charge is 2.30. The molecule has 0 radical (unpaired) electrons. The molecule has 1 aromatic carbocycles. The van der Waals surface area contributed by atoms with E-state index < -0.39 is 17.7 Å². The number of halogens is 4. The average Bonchev–Trinajstić information content (AvgIpc) is 2.79. The minimum absolute atomic E-state index is 0.190. The predicted octanol–water partition coefficient (Wildman–Crippen LogP) is 5.38. The number of carboxylic acid groups (broad SMARTS) is 1. The van der Waals surface area contributed by atoms with Crippen LogP contribution in [-0.4, -0.2) is 11.1 Å². The molecule has 0 unspecified atom stereocenters. The molecule has 0 amide bonds. The van der Waals surface area contributed by atoms with Gasteiger partial charge >= 0.3 is 12.1 Å². The molecule has 2 aromatic rings. The van der Waals surface area contributed by atoms with Crippen molar-refractivity contribution in [3.05, 3.63) is 44.6 Å². The number of hydrogen-bond donors (Lipinski definition) is 1. The van der Waals surface area contributed by atoms with Crippen LogP contribution in [0.25, 0.3) is 0 Å². The molecule has 0 bridgehead atoms.